The van der Waals surface area contributed by atoms with Gasteiger partial charge in [-0.2, -0.15) is 0 Å². The van der Waals surface area contributed by atoms with Crippen molar-refractivity contribution in [3.05, 3.63) is 0 Å². The minimum absolute atomic E-state index is 0.460. The Labute approximate surface area is 94.2 Å². The topological polar surface area (TPSA) is 29.3 Å². The summed E-state index contributed by atoms with van der Waals surface area (Å²) in [4.78, 5) is 2.75. The lowest BCUT2D eigenvalue weighted by atomic mass is 9.86. The van der Waals surface area contributed by atoms with Gasteiger partial charge in [-0.3, -0.25) is 4.90 Å². The van der Waals surface area contributed by atoms with E-state index in [1.54, 1.807) is 0 Å². The Kier molecular flexibility index (Phi) is 3.09. The van der Waals surface area contributed by atoms with Gasteiger partial charge in [-0.1, -0.05) is 20.8 Å². The third-order valence-corrected chi connectivity index (χ3v) is 3.74. The molecule has 0 aromatic carbocycles. The van der Waals surface area contributed by atoms with Crippen molar-refractivity contribution in [3.63, 3.8) is 0 Å². The Balaban J connectivity index is 1.95. The van der Waals surface area contributed by atoms with Gasteiger partial charge in [0.25, 0.3) is 0 Å². The van der Waals surface area contributed by atoms with E-state index in [0.717, 1.165) is 24.5 Å². The number of hydrogen-bond acceptors (Lipinski definition) is 2. The molecule has 1 aliphatic heterocycles. The molecule has 88 valence electrons. The van der Waals surface area contributed by atoms with Crippen molar-refractivity contribution < 1.29 is 0 Å². The normalized spacial score (nSPS) is 33.6. The highest BCUT2D eigenvalue weighted by Crippen LogP contribution is 2.39. The van der Waals surface area contributed by atoms with E-state index in [-0.39, 0.29) is 0 Å². The van der Waals surface area contributed by atoms with Crippen molar-refractivity contribution in [3.8, 4) is 0 Å². The molecule has 15 heavy (non-hydrogen) atoms. The van der Waals surface area contributed by atoms with Crippen LogP contribution in [0, 0.1) is 11.3 Å². The molecule has 2 rings (SSSR count). The van der Waals surface area contributed by atoms with E-state index in [2.05, 4.69) is 25.7 Å². The molecule has 1 aliphatic carbocycles. The summed E-state index contributed by atoms with van der Waals surface area (Å²) in [5, 5.41) is 0. The van der Waals surface area contributed by atoms with Crippen LogP contribution in [0.25, 0.3) is 0 Å². The minimum atomic E-state index is 0.460. The second kappa shape index (κ2) is 4.06. The van der Waals surface area contributed by atoms with E-state index in [9.17, 15) is 0 Å². The van der Waals surface area contributed by atoms with Gasteiger partial charge in [-0.15, -0.1) is 0 Å². The molecular formula is C13H26N2. The van der Waals surface area contributed by atoms with E-state index in [4.69, 9.17) is 5.73 Å². The molecule has 0 spiro atoms. The first-order valence-electron chi connectivity index (χ1n) is 6.45. The van der Waals surface area contributed by atoms with E-state index >= 15 is 0 Å². The van der Waals surface area contributed by atoms with Crippen molar-refractivity contribution in [1.29, 1.82) is 0 Å². The summed E-state index contributed by atoms with van der Waals surface area (Å²) in [5.74, 6) is 0.762. The van der Waals surface area contributed by atoms with Gasteiger partial charge in [0.2, 0.25) is 0 Å². The van der Waals surface area contributed by atoms with Crippen molar-refractivity contribution >= 4 is 0 Å². The van der Waals surface area contributed by atoms with Gasteiger partial charge in [0.05, 0.1) is 0 Å². The Hall–Kier alpha value is -0.0800. The molecule has 0 amide bonds. The number of likely N-dealkylation sites (tertiary alicyclic amines) is 1. The monoisotopic (exact) mass is 210 g/mol. The number of nitrogens with zero attached hydrogens (tertiary/aromatic N) is 1. The maximum absolute atomic E-state index is 5.82. The summed E-state index contributed by atoms with van der Waals surface area (Å²) in [6, 6.07) is 1.72. The molecule has 2 unspecified atom stereocenters. The summed E-state index contributed by atoms with van der Waals surface area (Å²) in [7, 11) is 0. The maximum Gasteiger partial charge on any atom is 0.0107 e. The van der Waals surface area contributed by atoms with Crippen LogP contribution >= 0.6 is 0 Å². The lowest BCUT2D eigenvalue weighted by molar-refractivity contribution is 0.183. The fourth-order valence-corrected chi connectivity index (χ4v) is 2.97. The van der Waals surface area contributed by atoms with Crippen molar-refractivity contribution in [1.82, 2.24) is 4.90 Å². The van der Waals surface area contributed by atoms with Crippen LogP contribution in [0.5, 0.6) is 0 Å². The quantitative estimate of drug-likeness (QED) is 0.774. The summed E-state index contributed by atoms with van der Waals surface area (Å²) < 4.78 is 0. The van der Waals surface area contributed by atoms with Crippen LogP contribution in [0.3, 0.4) is 0 Å². The SMILES string of the molecule is CC(C)(C)CC1CC(CN)CN1C1CC1. The van der Waals surface area contributed by atoms with Gasteiger partial charge in [-0.05, 0) is 43.6 Å². The molecule has 1 saturated carbocycles. The van der Waals surface area contributed by atoms with Gasteiger partial charge >= 0.3 is 0 Å². The molecule has 2 heteroatoms. The fourth-order valence-electron chi connectivity index (χ4n) is 2.97. The molecule has 2 N–H and O–H groups in total. The average molecular weight is 210 g/mol. The fraction of sp³-hybridized carbons (Fsp3) is 1.00. The standard InChI is InChI=1S/C13H26N2/c1-13(2,3)7-12-6-10(8-14)9-15(12)11-4-5-11/h10-12H,4-9,14H2,1-3H3. The third kappa shape index (κ3) is 2.94. The third-order valence-electron chi connectivity index (χ3n) is 3.74. The molecular weight excluding hydrogens is 184 g/mol. The van der Waals surface area contributed by atoms with Crippen LogP contribution in [0.1, 0.15) is 46.5 Å². The van der Waals surface area contributed by atoms with Crippen molar-refractivity contribution in [2.24, 2.45) is 17.1 Å². The van der Waals surface area contributed by atoms with Crippen LogP contribution in [-0.2, 0) is 0 Å². The molecule has 1 heterocycles. The largest absolute Gasteiger partial charge is 0.330 e. The van der Waals surface area contributed by atoms with Crippen molar-refractivity contribution in [2.75, 3.05) is 13.1 Å². The molecule has 0 bridgehead atoms. The van der Waals surface area contributed by atoms with Crippen LogP contribution in [0.4, 0.5) is 0 Å². The van der Waals surface area contributed by atoms with Gasteiger partial charge < -0.3 is 5.73 Å². The predicted octanol–water partition coefficient (Wildman–Crippen LogP) is 2.23. The van der Waals surface area contributed by atoms with E-state index < -0.39 is 0 Å². The molecule has 0 aromatic heterocycles. The Morgan fingerprint density at radius 2 is 1.93 bits per heavy atom. The highest BCUT2D eigenvalue weighted by Gasteiger charge is 2.41. The molecule has 2 aliphatic rings. The van der Waals surface area contributed by atoms with Gasteiger partial charge in [0, 0.05) is 18.6 Å². The molecule has 2 atom stereocenters. The highest BCUT2D eigenvalue weighted by atomic mass is 15.2. The maximum atomic E-state index is 5.82. The molecule has 2 nitrogen and oxygen atoms in total. The zero-order valence-electron chi connectivity index (χ0n) is 10.5. The lowest BCUT2D eigenvalue weighted by Gasteiger charge is -2.30. The van der Waals surface area contributed by atoms with Gasteiger partial charge in [0.1, 0.15) is 0 Å². The number of hydrogen-bond donors (Lipinski definition) is 1. The molecule has 2 fully saturated rings. The Morgan fingerprint density at radius 3 is 2.40 bits per heavy atom. The van der Waals surface area contributed by atoms with Crippen LogP contribution in [0.15, 0.2) is 0 Å². The first kappa shape index (κ1) is 11.4. The van der Waals surface area contributed by atoms with Gasteiger partial charge in [0.15, 0.2) is 0 Å². The zero-order chi connectivity index (χ0) is 11.1. The minimum Gasteiger partial charge on any atom is -0.330 e. The van der Waals surface area contributed by atoms with Crippen LogP contribution in [0.2, 0.25) is 0 Å². The number of rotatable bonds is 3. The van der Waals surface area contributed by atoms with E-state index in [1.807, 2.05) is 0 Å². The molecule has 0 aromatic rings. The second-order valence-corrected chi connectivity index (χ2v) is 6.68. The molecule has 1 saturated heterocycles. The van der Waals surface area contributed by atoms with Crippen molar-refractivity contribution in [2.45, 2.75) is 58.5 Å². The Morgan fingerprint density at radius 1 is 1.27 bits per heavy atom. The van der Waals surface area contributed by atoms with E-state index in [0.29, 0.717) is 5.41 Å². The first-order chi connectivity index (χ1) is 6.99. The smallest absolute Gasteiger partial charge is 0.0107 e. The van der Waals surface area contributed by atoms with E-state index in [1.165, 1.54) is 32.2 Å². The highest BCUT2D eigenvalue weighted by molar-refractivity contribution is 4.96. The second-order valence-electron chi connectivity index (χ2n) is 6.68. The predicted molar refractivity (Wildman–Crippen MR) is 64.7 cm³/mol. The van der Waals surface area contributed by atoms with Crippen LogP contribution in [-0.4, -0.2) is 30.1 Å². The lowest BCUT2D eigenvalue weighted by Crippen LogP contribution is -2.34. The average Bonchev–Trinajstić information content (AvgIpc) is 2.87. The number of nitrogens with two attached hydrogens (primary N) is 1. The Bertz CT molecular complexity index is 215. The summed E-state index contributed by atoms with van der Waals surface area (Å²) in [5.41, 5.74) is 6.28. The first-order valence-corrected chi connectivity index (χ1v) is 6.45. The zero-order valence-corrected chi connectivity index (χ0v) is 10.5. The van der Waals surface area contributed by atoms with Gasteiger partial charge in [-0.25, -0.2) is 0 Å². The summed E-state index contributed by atoms with van der Waals surface area (Å²) in [6.07, 6.45) is 5.53. The summed E-state index contributed by atoms with van der Waals surface area (Å²) in [6.45, 7) is 9.21. The summed E-state index contributed by atoms with van der Waals surface area (Å²) >= 11 is 0. The molecule has 0 radical (unpaired) electrons. The van der Waals surface area contributed by atoms with Crippen LogP contribution < -0.4 is 5.73 Å².